The van der Waals surface area contributed by atoms with Crippen LogP contribution in [0.4, 0.5) is 5.69 Å². The molecule has 0 radical (unpaired) electrons. The van der Waals surface area contributed by atoms with E-state index < -0.39 is 0 Å². The van der Waals surface area contributed by atoms with Gasteiger partial charge in [0.25, 0.3) is 0 Å². The number of thioether (sulfide) groups is 1. The third-order valence-electron chi connectivity index (χ3n) is 4.93. The van der Waals surface area contributed by atoms with Gasteiger partial charge in [0.1, 0.15) is 0 Å². The van der Waals surface area contributed by atoms with Crippen LogP contribution < -0.4 is 5.32 Å². The number of rotatable bonds is 5. The van der Waals surface area contributed by atoms with Gasteiger partial charge in [0.2, 0.25) is 0 Å². The molecule has 1 aromatic rings. The van der Waals surface area contributed by atoms with Crippen LogP contribution in [0.15, 0.2) is 29.2 Å². The van der Waals surface area contributed by atoms with E-state index in [0.717, 1.165) is 5.25 Å². The fourth-order valence-corrected chi connectivity index (χ4v) is 4.13. The second kappa shape index (κ2) is 5.40. The summed E-state index contributed by atoms with van der Waals surface area (Å²) in [5.74, 6) is 0. The van der Waals surface area contributed by atoms with Crippen molar-refractivity contribution < 1.29 is 0 Å². The second-order valence-electron chi connectivity index (χ2n) is 6.57. The predicted molar refractivity (Wildman–Crippen MR) is 85.0 cm³/mol. The Morgan fingerprint density at radius 2 is 1.79 bits per heavy atom. The normalized spacial score (nSPS) is 23.3. The Hall–Kier alpha value is -0.630. The van der Waals surface area contributed by atoms with Crippen LogP contribution >= 0.6 is 11.8 Å². The summed E-state index contributed by atoms with van der Waals surface area (Å²) >= 11 is 2.07. The average molecular weight is 275 g/mol. The molecular formula is C17H25NS. The number of anilines is 1. The van der Waals surface area contributed by atoms with Gasteiger partial charge in [-0.2, -0.15) is 0 Å². The topological polar surface area (TPSA) is 12.0 Å². The first-order valence-electron chi connectivity index (χ1n) is 7.69. The molecule has 0 spiro atoms. The average Bonchev–Trinajstić information content (AvgIpc) is 2.96. The van der Waals surface area contributed by atoms with Gasteiger partial charge in [0, 0.05) is 21.9 Å². The van der Waals surface area contributed by atoms with E-state index >= 15 is 0 Å². The van der Waals surface area contributed by atoms with Gasteiger partial charge in [0.05, 0.1) is 0 Å². The highest BCUT2D eigenvalue weighted by Crippen LogP contribution is 2.48. The molecular weight excluding hydrogens is 250 g/mol. The molecule has 0 bridgehead atoms. The van der Waals surface area contributed by atoms with Crippen LogP contribution in [-0.2, 0) is 0 Å². The molecule has 1 aromatic carbocycles. The maximum absolute atomic E-state index is 3.66. The molecule has 0 amide bonds. The monoisotopic (exact) mass is 275 g/mol. The molecule has 2 aliphatic rings. The first kappa shape index (κ1) is 13.4. The quantitative estimate of drug-likeness (QED) is 0.780. The van der Waals surface area contributed by atoms with Crippen LogP contribution in [0, 0.1) is 5.41 Å². The van der Waals surface area contributed by atoms with Gasteiger partial charge in [-0.25, -0.2) is 0 Å². The van der Waals surface area contributed by atoms with E-state index in [0.29, 0.717) is 11.5 Å². The van der Waals surface area contributed by atoms with Crippen LogP contribution in [0.2, 0.25) is 0 Å². The van der Waals surface area contributed by atoms with Gasteiger partial charge in [0.15, 0.2) is 0 Å². The Morgan fingerprint density at radius 1 is 1.16 bits per heavy atom. The zero-order valence-corrected chi connectivity index (χ0v) is 12.9. The van der Waals surface area contributed by atoms with Crippen molar-refractivity contribution in [1.29, 1.82) is 0 Å². The summed E-state index contributed by atoms with van der Waals surface area (Å²) in [6, 6.07) is 9.65. The molecule has 0 saturated heterocycles. The molecule has 1 nitrogen and oxygen atoms in total. The summed E-state index contributed by atoms with van der Waals surface area (Å²) in [5.41, 5.74) is 1.81. The summed E-state index contributed by atoms with van der Waals surface area (Å²) < 4.78 is 0. The number of hydrogen-bond acceptors (Lipinski definition) is 2. The highest BCUT2D eigenvalue weighted by molar-refractivity contribution is 8.00. The Balaban J connectivity index is 1.56. The largest absolute Gasteiger partial charge is 0.382 e. The molecule has 2 aliphatic carbocycles. The van der Waals surface area contributed by atoms with Gasteiger partial charge < -0.3 is 5.32 Å². The van der Waals surface area contributed by atoms with E-state index in [1.807, 2.05) is 0 Å². The summed E-state index contributed by atoms with van der Waals surface area (Å²) in [5, 5.41) is 4.52. The van der Waals surface area contributed by atoms with E-state index in [9.17, 15) is 0 Å². The number of benzene rings is 1. The van der Waals surface area contributed by atoms with Crippen LogP contribution in [0.1, 0.15) is 52.4 Å². The predicted octanol–water partition coefficient (Wildman–Crippen LogP) is 5.32. The molecule has 2 saturated carbocycles. The Labute approximate surface area is 121 Å². The molecule has 0 aromatic heterocycles. The van der Waals surface area contributed by atoms with Crippen LogP contribution in [0.3, 0.4) is 0 Å². The molecule has 1 unspecified atom stereocenters. The SMILES string of the molecule is CC(Nc1ccc(SC2CCCC2)cc1)C1(C)CC1. The van der Waals surface area contributed by atoms with E-state index in [1.165, 1.54) is 49.1 Å². The summed E-state index contributed by atoms with van der Waals surface area (Å²) in [6.07, 6.45) is 8.40. The summed E-state index contributed by atoms with van der Waals surface area (Å²) in [4.78, 5) is 1.43. The van der Waals surface area contributed by atoms with Gasteiger partial charge in [-0.1, -0.05) is 19.8 Å². The Bertz CT molecular complexity index is 415. The van der Waals surface area contributed by atoms with Crippen molar-refractivity contribution in [3.63, 3.8) is 0 Å². The molecule has 2 heteroatoms. The first-order valence-corrected chi connectivity index (χ1v) is 8.57. The second-order valence-corrected chi connectivity index (χ2v) is 7.94. The third kappa shape index (κ3) is 3.28. The van der Waals surface area contributed by atoms with Crippen molar-refractivity contribution in [3.05, 3.63) is 24.3 Å². The fourth-order valence-electron chi connectivity index (χ4n) is 2.88. The van der Waals surface area contributed by atoms with Crippen LogP contribution in [0.25, 0.3) is 0 Å². The minimum atomic E-state index is 0.539. The smallest absolute Gasteiger partial charge is 0.0343 e. The van der Waals surface area contributed by atoms with E-state index in [4.69, 9.17) is 0 Å². The molecule has 3 rings (SSSR count). The van der Waals surface area contributed by atoms with Crippen molar-refractivity contribution in [3.8, 4) is 0 Å². The number of hydrogen-bond donors (Lipinski definition) is 1. The lowest BCUT2D eigenvalue weighted by atomic mass is 10.0. The summed E-state index contributed by atoms with van der Waals surface area (Å²) in [6.45, 7) is 4.70. The molecule has 104 valence electrons. The van der Waals surface area contributed by atoms with Gasteiger partial charge >= 0.3 is 0 Å². The zero-order valence-electron chi connectivity index (χ0n) is 12.1. The minimum Gasteiger partial charge on any atom is -0.382 e. The van der Waals surface area contributed by atoms with E-state index in [2.05, 4.69) is 55.2 Å². The summed E-state index contributed by atoms with van der Waals surface area (Å²) in [7, 11) is 0. The van der Waals surface area contributed by atoms with Crippen molar-refractivity contribution >= 4 is 17.4 Å². The van der Waals surface area contributed by atoms with E-state index in [-0.39, 0.29) is 0 Å². The molecule has 0 heterocycles. The highest BCUT2D eigenvalue weighted by atomic mass is 32.2. The van der Waals surface area contributed by atoms with Crippen molar-refractivity contribution in [2.45, 2.75) is 68.6 Å². The van der Waals surface area contributed by atoms with Crippen LogP contribution in [-0.4, -0.2) is 11.3 Å². The first-order chi connectivity index (χ1) is 9.16. The fraction of sp³-hybridized carbons (Fsp3) is 0.647. The lowest BCUT2D eigenvalue weighted by Gasteiger charge is -2.21. The molecule has 1 N–H and O–H groups in total. The lowest BCUT2D eigenvalue weighted by molar-refractivity contribution is 0.493. The molecule has 19 heavy (non-hydrogen) atoms. The lowest BCUT2D eigenvalue weighted by Crippen LogP contribution is -2.24. The molecule has 0 aliphatic heterocycles. The van der Waals surface area contributed by atoms with Crippen LogP contribution in [0.5, 0.6) is 0 Å². The third-order valence-corrected chi connectivity index (χ3v) is 6.28. The number of nitrogens with one attached hydrogen (secondary N) is 1. The zero-order chi connectivity index (χ0) is 13.3. The molecule has 2 fully saturated rings. The highest BCUT2D eigenvalue weighted by Gasteiger charge is 2.42. The van der Waals surface area contributed by atoms with Crippen molar-refractivity contribution in [2.75, 3.05) is 5.32 Å². The van der Waals surface area contributed by atoms with Crippen molar-refractivity contribution in [1.82, 2.24) is 0 Å². The Kier molecular flexibility index (Phi) is 3.79. The van der Waals surface area contributed by atoms with Gasteiger partial charge in [-0.15, -0.1) is 11.8 Å². The maximum atomic E-state index is 3.66. The maximum Gasteiger partial charge on any atom is 0.0343 e. The van der Waals surface area contributed by atoms with Gasteiger partial charge in [-0.05, 0) is 62.3 Å². The standard InChI is InChI=1S/C17H25NS/c1-13(17(2)11-12-17)18-14-7-9-16(10-8-14)19-15-5-3-4-6-15/h7-10,13,15,18H,3-6,11-12H2,1-2H3. The van der Waals surface area contributed by atoms with Crippen molar-refractivity contribution in [2.24, 2.45) is 5.41 Å². The Morgan fingerprint density at radius 3 is 2.37 bits per heavy atom. The molecule has 1 atom stereocenters. The van der Waals surface area contributed by atoms with Gasteiger partial charge in [-0.3, -0.25) is 0 Å². The van der Waals surface area contributed by atoms with E-state index in [1.54, 1.807) is 0 Å². The minimum absolute atomic E-state index is 0.539.